The standard InChI is InChI=1S/C13H28N2/c1-5-11(3)15(4)13-9-7-12(8-10-13)14-6-2/h11-14H,5-10H2,1-4H3. The van der Waals surface area contributed by atoms with Crippen LogP contribution in [0.5, 0.6) is 0 Å². The lowest BCUT2D eigenvalue weighted by atomic mass is 9.89. The monoisotopic (exact) mass is 212 g/mol. The maximum absolute atomic E-state index is 3.57. The molecule has 1 fully saturated rings. The first kappa shape index (κ1) is 13.0. The van der Waals surface area contributed by atoms with Crippen LogP contribution in [0.3, 0.4) is 0 Å². The Hall–Kier alpha value is -0.0800. The molecule has 1 saturated carbocycles. The summed E-state index contributed by atoms with van der Waals surface area (Å²) in [5.74, 6) is 0. The van der Waals surface area contributed by atoms with E-state index >= 15 is 0 Å². The SMILES string of the molecule is CCNC1CCC(N(C)C(C)CC)CC1. The zero-order chi connectivity index (χ0) is 11.3. The van der Waals surface area contributed by atoms with Gasteiger partial charge in [-0.15, -0.1) is 0 Å². The van der Waals surface area contributed by atoms with Crippen molar-refractivity contribution < 1.29 is 0 Å². The Kier molecular flexibility index (Phi) is 5.62. The van der Waals surface area contributed by atoms with E-state index in [1.165, 1.54) is 32.1 Å². The molecule has 0 aromatic carbocycles. The Morgan fingerprint density at radius 1 is 1.20 bits per heavy atom. The second-order valence-corrected chi connectivity index (χ2v) is 4.99. The van der Waals surface area contributed by atoms with E-state index in [1.807, 2.05) is 0 Å². The van der Waals surface area contributed by atoms with Crippen LogP contribution in [0.25, 0.3) is 0 Å². The molecule has 1 aliphatic carbocycles. The van der Waals surface area contributed by atoms with Crippen molar-refractivity contribution in [2.75, 3.05) is 13.6 Å². The summed E-state index contributed by atoms with van der Waals surface area (Å²) in [4.78, 5) is 2.59. The van der Waals surface area contributed by atoms with Gasteiger partial charge in [0.05, 0.1) is 0 Å². The Labute approximate surface area is 95.4 Å². The lowest BCUT2D eigenvalue weighted by molar-refractivity contribution is 0.132. The van der Waals surface area contributed by atoms with Crippen LogP contribution in [0.15, 0.2) is 0 Å². The minimum absolute atomic E-state index is 0.741. The second-order valence-electron chi connectivity index (χ2n) is 4.99. The third-order valence-corrected chi connectivity index (χ3v) is 4.05. The molecule has 0 bridgehead atoms. The van der Waals surface area contributed by atoms with Crippen molar-refractivity contribution in [2.45, 2.75) is 71.0 Å². The molecule has 0 aromatic heterocycles. The second kappa shape index (κ2) is 6.49. The van der Waals surface area contributed by atoms with Gasteiger partial charge in [0.15, 0.2) is 0 Å². The highest BCUT2D eigenvalue weighted by Gasteiger charge is 2.25. The quantitative estimate of drug-likeness (QED) is 0.753. The summed E-state index contributed by atoms with van der Waals surface area (Å²) in [6.07, 6.45) is 6.74. The molecule has 0 radical (unpaired) electrons. The summed E-state index contributed by atoms with van der Waals surface area (Å²) in [6.45, 7) is 7.95. The Morgan fingerprint density at radius 2 is 1.80 bits per heavy atom. The molecule has 1 rings (SSSR count). The van der Waals surface area contributed by atoms with E-state index in [0.29, 0.717) is 0 Å². The minimum atomic E-state index is 0.741. The van der Waals surface area contributed by atoms with Gasteiger partial charge in [0.1, 0.15) is 0 Å². The summed E-state index contributed by atoms with van der Waals surface area (Å²) in [5.41, 5.74) is 0. The molecule has 15 heavy (non-hydrogen) atoms. The Bertz CT molecular complexity index is 162. The van der Waals surface area contributed by atoms with E-state index in [-0.39, 0.29) is 0 Å². The summed E-state index contributed by atoms with van der Waals surface area (Å²) in [6, 6.07) is 2.36. The van der Waals surface area contributed by atoms with Crippen molar-refractivity contribution in [1.29, 1.82) is 0 Å². The molecule has 1 unspecified atom stereocenters. The molecule has 1 N–H and O–H groups in total. The van der Waals surface area contributed by atoms with Crippen LogP contribution in [-0.4, -0.2) is 36.6 Å². The smallest absolute Gasteiger partial charge is 0.00961 e. The van der Waals surface area contributed by atoms with Gasteiger partial charge in [-0.2, -0.15) is 0 Å². The Balaban J connectivity index is 2.30. The van der Waals surface area contributed by atoms with E-state index in [0.717, 1.165) is 24.7 Å². The highest BCUT2D eigenvalue weighted by atomic mass is 15.2. The van der Waals surface area contributed by atoms with Gasteiger partial charge >= 0.3 is 0 Å². The summed E-state index contributed by atoms with van der Waals surface area (Å²) in [5, 5.41) is 3.57. The van der Waals surface area contributed by atoms with Crippen LogP contribution in [0, 0.1) is 0 Å². The summed E-state index contributed by atoms with van der Waals surface area (Å²) < 4.78 is 0. The minimum Gasteiger partial charge on any atom is -0.314 e. The third kappa shape index (κ3) is 3.76. The average molecular weight is 212 g/mol. The first-order valence-electron chi connectivity index (χ1n) is 6.64. The zero-order valence-corrected chi connectivity index (χ0v) is 10.9. The van der Waals surface area contributed by atoms with Crippen LogP contribution in [0.2, 0.25) is 0 Å². The first-order valence-corrected chi connectivity index (χ1v) is 6.64. The first-order chi connectivity index (χ1) is 7.19. The normalized spacial score (nSPS) is 29.4. The van der Waals surface area contributed by atoms with Crippen LogP contribution >= 0.6 is 0 Å². The molecule has 2 nitrogen and oxygen atoms in total. The lowest BCUT2D eigenvalue weighted by Gasteiger charge is -2.37. The number of hydrogen-bond acceptors (Lipinski definition) is 2. The largest absolute Gasteiger partial charge is 0.314 e. The van der Waals surface area contributed by atoms with Crippen LogP contribution < -0.4 is 5.32 Å². The fourth-order valence-corrected chi connectivity index (χ4v) is 2.62. The molecule has 0 spiro atoms. The third-order valence-electron chi connectivity index (χ3n) is 4.05. The molecular weight excluding hydrogens is 184 g/mol. The van der Waals surface area contributed by atoms with E-state index in [4.69, 9.17) is 0 Å². The van der Waals surface area contributed by atoms with E-state index in [2.05, 4.69) is 38.0 Å². The average Bonchev–Trinajstić information content (AvgIpc) is 2.28. The van der Waals surface area contributed by atoms with Crippen molar-refractivity contribution in [3.63, 3.8) is 0 Å². The van der Waals surface area contributed by atoms with Gasteiger partial charge in [-0.05, 0) is 52.6 Å². The summed E-state index contributed by atoms with van der Waals surface area (Å²) in [7, 11) is 2.30. The van der Waals surface area contributed by atoms with E-state index < -0.39 is 0 Å². The zero-order valence-electron chi connectivity index (χ0n) is 10.9. The van der Waals surface area contributed by atoms with Crippen LogP contribution in [0.4, 0.5) is 0 Å². The molecule has 0 aromatic rings. The fraction of sp³-hybridized carbons (Fsp3) is 1.00. The van der Waals surface area contributed by atoms with Gasteiger partial charge in [0.2, 0.25) is 0 Å². The van der Waals surface area contributed by atoms with E-state index in [1.54, 1.807) is 0 Å². The number of rotatable bonds is 5. The van der Waals surface area contributed by atoms with Gasteiger partial charge in [-0.3, -0.25) is 0 Å². The molecule has 0 amide bonds. The highest BCUT2D eigenvalue weighted by molar-refractivity contribution is 4.83. The van der Waals surface area contributed by atoms with Crippen molar-refractivity contribution >= 4 is 0 Å². The fourth-order valence-electron chi connectivity index (χ4n) is 2.62. The number of hydrogen-bond donors (Lipinski definition) is 1. The maximum atomic E-state index is 3.57. The summed E-state index contributed by atoms with van der Waals surface area (Å²) >= 11 is 0. The van der Waals surface area contributed by atoms with Gasteiger partial charge in [-0.1, -0.05) is 13.8 Å². The predicted molar refractivity (Wildman–Crippen MR) is 67.2 cm³/mol. The number of nitrogens with zero attached hydrogens (tertiary/aromatic N) is 1. The predicted octanol–water partition coefficient (Wildman–Crippen LogP) is 2.64. The molecule has 1 atom stereocenters. The maximum Gasteiger partial charge on any atom is 0.00961 e. The van der Waals surface area contributed by atoms with Gasteiger partial charge < -0.3 is 10.2 Å². The molecule has 2 heteroatoms. The molecule has 0 aliphatic heterocycles. The van der Waals surface area contributed by atoms with Crippen molar-refractivity contribution in [1.82, 2.24) is 10.2 Å². The molecular formula is C13H28N2. The molecule has 0 heterocycles. The van der Waals surface area contributed by atoms with Crippen molar-refractivity contribution in [3.8, 4) is 0 Å². The number of nitrogens with one attached hydrogen (secondary N) is 1. The van der Waals surface area contributed by atoms with Gasteiger partial charge in [-0.25, -0.2) is 0 Å². The topological polar surface area (TPSA) is 15.3 Å². The van der Waals surface area contributed by atoms with Crippen molar-refractivity contribution in [3.05, 3.63) is 0 Å². The van der Waals surface area contributed by atoms with Crippen LogP contribution in [0.1, 0.15) is 52.9 Å². The molecule has 0 saturated heterocycles. The molecule has 90 valence electrons. The van der Waals surface area contributed by atoms with Crippen molar-refractivity contribution in [2.24, 2.45) is 0 Å². The van der Waals surface area contributed by atoms with Gasteiger partial charge in [0, 0.05) is 18.1 Å². The van der Waals surface area contributed by atoms with Crippen LogP contribution in [-0.2, 0) is 0 Å². The van der Waals surface area contributed by atoms with Gasteiger partial charge in [0.25, 0.3) is 0 Å². The lowest BCUT2D eigenvalue weighted by Crippen LogP contribution is -2.43. The van der Waals surface area contributed by atoms with E-state index in [9.17, 15) is 0 Å². The molecule has 1 aliphatic rings. The Morgan fingerprint density at radius 3 is 2.27 bits per heavy atom. The highest BCUT2D eigenvalue weighted by Crippen LogP contribution is 2.24.